The molecule has 0 aliphatic rings. The van der Waals surface area contributed by atoms with Crippen molar-refractivity contribution in [1.29, 1.82) is 0 Å². The number of nitrogens with one attached hydrogen (secondary N) is 2. The Hall–Kier alpha value is -1.26. The average Bonchev–Trinajstić information content (AvgIpc) is 2.39. The molecule has 5 heteroatoms. The molecule has 2 unspecified atom stereocenters. The molecule has 1 rings (SSSR count). The normalized spacial score (nSPS) is 13.9. The highest BCUT2D eigenvalue weighted by molar-refractivity contribution is 6.32. The van der Waals surface area contributed by atoms with Crippen LogP contribution in [0.5, 0.6) is 5.75 Å². The molecule has 112 valence electrons. The van der Waals surface area contributed by atoms with E-state index < -0.39 is 6.10 Å². The van der Waals surface area contributed by atoms with E-state index in [9.17, 15) is 4.79 Å². The summed E-state index contributed by atoms with van der Waals surface area (Å²) in [4.78, 5) is 11.8. The van der Waals surface area contributed by atoms with Crippen molar-refractivity contribution >= 4 is 17.5 Å². The van der Waals surface area contributed by atoms with E-state index in [2.05, 4.69) is 10.6 Å². The molecule has 0 aliphatic heterocycles. The average molecular weight is 299 g/mol. The monoisotopic (exact) mass is 298 g/mol. The summed E-state index contributed by atoms with van der Waals surface area (Å²) in [5, 5.41) is 6.46. The SMILES string of the molecule is CNC(C)c1ccc(OC(C)C(=O)NC(C)C)c(Cl)c1. The van der Waals surface area contributed by atoms with E-state index in [1.807, 2.05) is 40.0 Å². The fourth-order valence-electron chi connectivity index (χ4n) is 1.69. The Morgan fingerprint density at radius 2 is 1.90 bits per heavy atom. The summed E-state index contributed by atoms with van der Waals surface area (Å²) in [6.07, 6.45) is -0.581. The standard InChI is InChI=1S/C15H23ClN2O2/c1-9(2)18-15(19)11(4)20-14-7-6-12(8-13(14)16)10(3)17-5/h6-11,17H,1-5H3,(H,18,19). The Labute approximate surface area is 125 Å². The second-order valence-electron chi connectivity index (χ2n) is 5.12. The van der Waals surface area contributed by atoms with Crippen molar-refractivity contribution in [3.05, 3.63) is 28.8 Å². The molecule has 0 heterocycles. The molecule has 1 aromatic carbocycles. The fraction of sp³-hybridized carbons (Fsp3) is 0.533. The predicted molar refractivity (Wildman–Crippen MR) is 82.3 cm³/mol. The summed E-state index contributed by atoms with van der Waals surface area (Å²) >= 11 is 6.20. The Morgan fingerprint density at radius 1 is 1.25 bits per heavy atom. The first-order chi connectivity index (χ1) is 9.35. The van der Waals surface area contributed by atoms with E-state index in [-0.39, 0.29) is 18.0 Å². The molecule has 4 nitrogen and oxygen atoms in total. The van der Waals surface area contributed by atoms with E-state index in [0.29, 0.717) is 10.8 Å². The van der Waals surface area contributed by atoms with Gasteiger partial charge in [-0.15, -0.1) is 0 Å². The molecule has 0 saturated heterocycles. The molecule has 20 heavy (non-hydrogen) atoms. The van der Waals surface area contributed by atoms with Gasteiger partial charge in [-0.2, -0.15) is 0 Å². The maximum Gasteiger partial charge on any atom is 0.260 e. The summed E-state index contributed by atoms with van der Waals surface area (Å²) < 4.78 is 5.61. The highest BCUT2D eigenvalue weighted by Gasteiger charge is 2.17. The number of hydrogen-bond donors (Lipinski definition) is 2. The zero-order valence-electron chi connectivity index (χ0n) is 12.7. The third-order valence-corrected chi connectivity index (χ3v) is 3.29. The minimum atomic E-state index is -0.581. The molecule has 0 aliphatic carbocycles. The van der Waals surface area contributed by atoms with E-state index in [1.165, 1.54) is 0 Å². The molecule has 2 atom stereocenters. The first-order valence-corrected chi connectivity index (χ1v) is 7.16. The predicted octanol–water partition coefficient (Wildman–Crippen LogP) is 2.91. The molecule has 0 fully saturated rings. The van der Waals surface area contributed by atoms with Gasteiger partial charge < -0.3 is 15.4 Å². The minimum Gasteiger partial charge on any atom is -0.479 e. The van der Waals surface area contributed by atoms with Crippen LogP contribution in [0.1, 0.15) is 39.3 Å². The van der Waals surface area contributed by atoms with Gasteiger partial charge in [0.1, 0.15) is 5.75 Å². The second kappa shape index (κ2) is 7.50. The van der Waals surface area contributed by atoms with Crippen molar-refractivity contribution in [3.8, 4) is 5.75 Å². The summed E-state index contributed by atoms with van der Waals surface area (Å²) in [6.45, 7) is 7.57. The summed E-state index contributed by atoms with van der Waals surface area (Å²) in [7, 11) is 1.89. The van der Waals surface area contributed by atoms with Crippen LogP contribution in [0.4, 0.5) is 0 Å². The Balaban J connectivity index is 2.76. The van der Waals surface area contributed by atoms with Crippen LogP contribution in [0.3, 0.4) is 0 Å². The van der Waals surface area contributed by atoms with Gasteiger partial charge in [0, 0.05) is 12.1 Å². The Morgan fingerprint density at radius 3 is 2.40 bits per heavy atom. The van der Waals surface area contributed by atoms with Crippen molar-refractivity contribution < 1.29 is 9.53 Å². The Kier molecular flexibility index (Phi) is 6.30. The van der Waals surface area contributed by atoms with Crippen LogP contribution in [0.2, 0.25) is 5.02 Å². The lowest BCUT2D eigenvalue weighted by atomic mass is 10.1. The topological polar surface area (TPSA) is 50.4 Å². The quantitative estimate of drug-likeness (QED) is 0.849. The van der Waals surface area contributed by atoms with Gasteiger partial charge in [-0.05, 0) is 52.4 Å². The fourth-order valence-corrected chi connectivity index (χ4v) is 1.93. The third-order valence-electron chi connectivity index (χ3n) is 2.99. The van der Waals surface area contributed by atoms with Crippen molar-refractivity contribution in [2.75, 3.05) is 7.05 Å². The van der Waals surface area contributed by atoms with Gasteiger partial charge >= 0.3 is 0 Å². The molecule has 1 aromatic rings. The highest BCUT2D eigenvalue weighted by atomic mass is 35.5. The molecular weight excluding hydrogens is 276 g/mol. The van der Waals surface area contributed by atoms with Crippen molar-refractivity contribution in [2.24, 2.45) is 0 Å². The van der Waals surface area contributed by atoms with Crippen molar-refractivity contribution in [1.82, 2.24) is 10.6 Å². The minimum absolute atomic E-state index is 0.0860. The van der Waals surface area contributed by atoms with Crippen molar-refractivity contribution in [2.45, 2.75) is 45.9 Å². The third kappa shape index (κ3) is 4.69. The van der Waals surface area contributed by atoms with E-state index in [0.717, 1.165) is 5.56 Å². The molecule has 0 bridgehead atoms. The lowest BCUT2D eigenvalue weighted by Gasteiger charge is -2.18. The van der Waals surface area contributed by atoms with E-state index in [1.54, 1.807) is 13.0 Å². The maximum atomic E-state index is 11.8. The first-order valence-electron chi connectivity index (χ1n) is 6.79. The van der Waals surface area contributed by atoms with Crippen LogP contribution >= 0.6 is 11.6 Å². The van der Waals surface area contributed by atoms with Gasteiger partial charge in [0.25, 0.3) is 5.91 Å². The molecule has 0 saturated carbocycles. The van der Waals surface area contributed by atoms with Crippen LogP contribution in [0, 0.1) is 0 Å². The van der Waals surface area contributed by atoms with Crippen LogP contribution in [0.25, 0.3) is 0 Å². The second-order valence-corrected chi connectivity index (χ2v) is 5.53. The smallest absolute Gasteiger partial charge is 0.260 e. The largest absolute Gasteiger partial charge is 0.479 e. The maximum absolute atomic E-state index is 11.8. The van der Waals surface area contributed by atoms with Gasteiger partial charge in [0.15, 0.2) is 6.10 Å². The first kappa shape index (κ1) is 16.8. The number of amides is 1. The molecular formula is C15H23ClN2O2. The number of carbonyl (C=O) groups excluding carboxylic acids is 1. The van der Waals surface area contributed by atoms with Crippen LogP contribution < -0.4 is 15.4 Å². The van der Waals surface area contributed by atoms with Crippen LogP contribution in [0.15, 0.2) is 18.2 Å². The van der Waals surface area contributed by atoms with Crippen LogP contribution in [-0.2, 0) is 4.79 Å². The van der Waals surface area contributed by atoms with E-state index in [4.69, 9.17) is 16.3 Å². The molecule has 1 amide bonds. The van der Waals surface area contributed by atoms with Gasteiger partial charge in [0.05, 0.1) is 5.02 Å². The number of hydrogen-bond acceptors (Lipinski definition) is 3. The summed E-state index contributed by atoms with van der Waals surface area (Å²) in [6, 6.07) is 5.89. The zero-order valence-corrected chi connectivity index (χ0v) is 13.4. The van der Waals surface area contributed by atoms with Gasteiger partial charge in [-0.3, -0.25) is 4.79 Å². The molecule has 0 spiro atoms. The summed E-state index contributed by atoms with van der Waals surface area (Å²) in [5.74, 6) is 0.369. The highest BCUT2D eigenvalue weighted by Crippen LogP contribution is 2.28. The number of ether oxygens (including phenoxy) is 1. The van der Waals surface area contributed by atoms with Gasteiger partial charge in [-0.1, -0.05) is 17.7 Å². The lowest BCUT2D eigenvalue weighted by Crippen LogP contribution is -2.40. The van der Waals surface area contributed by atoms with E-state index >= 15 is 0 Å². The molecule has 0 radical (unpaired) electrons. The van der Waals surface area contributed by atoms with Gasteiger partial charge in [0.2, 0.25) is 0 Å². The van der Waals surface area contributed by atoms with Gasteiger partial charge in [-0.25, -0.2) is 0 Å². The molecule has 0 aromatic heterocycles. The lowest BCUT2D eigenvalue weighted by molar-refractivity contribution is -0.127. The molecule has 2 N–H and O–H groups in total. The number of carbonyl (C=O) groups is 1. The number of halogens is 1. The summed E-state index contributed by atoms with van der Waals surface area (Å²) in [5.41, 5.74) is 1.07. The van der Waals surface area contributed by atoms with Crippen LogP contribution in [-0.4, -0.2) is 25.1 Å². The zero-order chi connectivity index (χ0) is 15.3. The number of rotatable bonds is 6. The number of benzene rings is 1. The Bertz CT molecular complexity index is 463. The van der Waals surface area contributed by atoms with Crippen molar-refractivity contribution in [3.63, 3.8) is 0 Å².